The van der Waals surface area contributed by atoms with Crippen LogP contribution in [-0.2, 0) is 0 Å². The number of nitrogens with zero attached hydrogens (tertiary/aromatic N) is 4. The summed E-state index contributed by atoms with van der Waals surface area (Å²) in [5.41, 5.74) is 0.198. The summed E-state index contributed by atoms with van der Waals surface area (Å²) >= 11 is 0. The Bertz CT molecular complexity index is 515. The fourth-order valence-corrected chi connectivity index (χ4v) is 1.13. The Morgan fingerprint density at radius 3 is 2.71 bits per heavy atom. The van der Waals surface area contributed by atoms with Gasteiger partial charge < -0.3 is 5.32 Å². The van der Waals surface area contributed by atoms with E-state index in [9.17, 15) is 4.79 Å². The van der Waals surface area contributed by atoms with E-state index in [1.54, 1.807) is 13.1 Å². The van der Waals surface area contributed by atoms with Gasteiger partial charge in [0.05, 0.1) is 12.4 Å². The second kappa shape index (κ2) is 4.97. The van der Waals surface area contributed by atoms with Crippen molar-refractivity contribution in [3.05, 3.63) is 36.5 Å². The van der Waals surface area contributed by atoms with Gasteiger partial charge in [0, 0.05) is 19.4 Å². The number of anilines is 2. The largest absolute Gasteiger partial charge is 0.372 e. The lowest BCUT2D eigenvalue weighted by Gasteiger charge is -2.03. The van der Waals surface area contributed by atoms with Gasteiger partial charge in [0.15, 0.2) is 0 Å². The van der Waals surface area contributed by atoms with Gasteiger partial charge in [-0.05, 0) is 6.07 Å². The molecule has 0 aliphatic carbocycles. The van der Waals surface area contributed by atoms with Gasteiger partial charge in [-0.25, -0.2) is 15.0 Å². The molecule has 0 aromatic carbocycles. The fourth-order valence-electron chi connectivity index (χ4n) is 1.13. The van der Waals surface area contributed by atoms with Gasteiger partial charge in [-0.2, -0.15) is 0 Å². The van der Waals surface area contributed by atoms with Crippen molar-refractivity contribution in [1.29, 1.82) is 0 Å². The van der Waals surface area contributed by atoms with E-state index in [0.717, 1.165) is 0 Å². The average molecular weight is 230 g/mol. The molecule has 2 N–H and O–H groups in total. The van der Waals surface area contributed by atoms with Crippen LogP contribution in [0.25, 0.3) is 0 Å². The minimum Gasteiger partial charge on any atom is -0.372 e. The summed E-state index contributed by atoms with van der Waals surface area (Å²) in [5, 5.41) is 5.32. The smallest absolute Gasteiger partial charge is 0.278 e. The zero-order chi connectivity index (χ0) is 12.1. The van der Waals surface area contributed by atoms with E-state index < -0.39 is 5.91 Å². The van der Waals surface area contributed by atoms with Gasteiger partial charge >= 0.3 is 0 Å². The van der Waals surface area contributed by atoms with Crippen molar-refractivity contribution in [1.82, 2.24) is 19.9 Å². The molecule has 0 radical (unpaired) electrons. The van der Waals surface area contributed by atoms with Crippen LogP contribution >= 0.6 is 0 Å². The first-order valence-corrected chi connectivity index (χ1v) is 4.88. The predicted molar refractivity (Wildman–Crippen MR) is 61.6 cm³/mol. The molecule has 0 spiro atoms. The molecule has 0 aliphatic heterocycles. The quantitative estimate of drug-likeness (QED) is 0.800. The molecular formula is C10H10N6O. The highest BCUT2D eigenvalue weighted by atomic mass is 16.2. The molecule has 2 aromatic rings. The molecule has 7 heteroatoms. The maximum Gasteiger partial charge on any atom is 0.278 e. The molecule has 0 saturated heterocycles. The first kappa shape index (κ1) is 10.9. The lowest BCUT2D eigenvalue weighted by Crippen LogP contribution is -2.16. The number of hydrogen-bond donors (Lipinski definition) is 2. The Hall–Kier alpha value is -2.57. The van der Waals surface area contributed by atoms with E-state index in [2.05, 4.69) is 30.6 Å². The van der Waals surface area contributed by atoms with E-state index in [-0.39, 0.29) is 11.6 Å². The van der Waals surface area contributed by atoms with Crippen molar-refractivity contribution in [2.24, 2.45) is 0 Å². The van der Waals surface area contributed by atoms with Crippen LogP contribution in [0.15, 0.2) is 30.9 Å². The molecule has 17 heavy (non-hydrogen) atoms. The van der Waals surface area contributed by atoms with Gasteiger partial charge in [0.25, 0.3) is 5.91 Å². The number of carbonyl (C=O) groups is 1. The first-order valence-electron chi connectivity index (χ1n) is 4.88. The summed E-state index contributed by atoms with van der Waals surface area (Å²) in [6.07, 6.45) is 5.98. The Kier molecular flexibility index (Phi) is 3.20. The van der Waals surface area contributed by atoms with E-state index in [1.807, 2.05) is 0 Å². The summed E-state index contributed by atoms with van der Waals surface area (Å²) in [7, 11) is 1.70. The third kappa shape index (κ3) is 2.71. The minimum atomic E-state index is -0.402. The summed E-state index contributed by atoms with van der Waals surface area (Å²) in [4.78, 5) is 27.5. The lowest BCUT2D eigenvalue weighted by molar-refractivity contribution is 0.102. The molecule has 2 rings (SSSR count). The Labute approximate surface area is 97.4 Å². The van der Waals surface area contributed by atoms with Crippen LogP contribution in [0.5, 0.6) is 0 Å². The monoisotopic (exact) mass is 230 g/mol. The predicted octanol–water partition coefficient (Wildman–Crippen LogP) is 0.561. The number of carbonyl (C=O) groups excluding carboxylic acids is 1. The summed E-state index contributed by atoms with van der Waals surface area (Å²) in [6.45, 7) is 0. The number of aromatic nitrogens is 4. The highest BCUT2D eigenvalue weighted by Gasteiger charge is 2.09. The number of nitrogens with one attached hydrogen (secondary N) is 2. The third-order valence-electron chi connectivity index (χ3n) is 1.91. The minimum absolute atomic E-state index is 0.198. The highest BCUT2D eigenvalue weighted by molar-refractivity contribution is 6.01. The second-order valence-electron chi connectivity index (χ2n) is 3.07. The molecule has 0 bridgehead atoms. The Morgan fingerprint density at radius 2 is 2.00 bits per heavy atom. The van der Waals surface area contributed by atoms with Crippen LogP contribution in [0, 0.1) is 0 Å². The molecule has 2 aromatic heterocycles. The number of rotatable bonds is 3. The van der Waals surface area contributed by atoms with Crippen LogP contribution < -0.4 is 10.6 Å². The molecule has 0 aliphatic rings. The number of hydrogen-bond acceptors (Lipinski definition) is 6. The fraction of sp³-hybridized carbons (Fsp3) is 0.100. The van der Waals surface area contributed by atoms with E-state index >= 15 is 0 Å². The van der Waals surface area contributed by atoms with Gasteiger partial charge in [-0.1, -0.05) is 0 Å². The molecule has 0 unspecified atom stereocenters. The molecular weight excluding hydrogens is 220 g/mol. The molecule has 2 heterocycles. The van der Waals surface area contributed by atoms with Crippen LogP contribution in [0.3, 0.4) is 0 Å². The van der Waals surface area contributed by atoms with Crippen molar-refractivity contribution in [2.45, 2.75) is 0 Å². The topological polar surface area (TPSA) is 92.7 Å². The Morgan fingerprint density at radius 1 is 1.24 bits per heavy atom. The molecule has 1 amide bonds. The van der Waals surface area contributed by atoms with Crippen molar-refractivity contribution in [3.8, 4) is 0 Å². The highest BCUT2D eigenvalue weighted by Crippen LogP contribution is 2.03. The van der Waals surface area contributed by atoms with Crippen molar-refractivity contribution >= 4 is 17.7 Å². The zero-order valence-electron chi connectivity index (χ0n) is 9.08. The molecule has 0 fully saturated rings. The zero-order valence-corrected chi connectivity index (χ0v) is 9.08. The van der Waals surface area contributed by atoms with Crippen LogP contribution in [-0.4, -0.2) is 32.9 Å². The van der Waals surface area contributed by atoms with Gasteiger partial charge in [0.2, 0.25) is 5.95 Å². The van der Waals surface area contributed by atoms with E-state index in [4.69, 9.17) is 0 Å². The molecule has 7 nitrogen and oxygen atoms in total. The first-order chi connectivity index (χ1) is 8.29. The second-order valence-corrected chi connectivity index (χ2v) is 3.07. The van der Waals surface area contributed by atoms with Gasteiger partial charge in [-0.15, -0.1) is 0 Å². The maximum absolute atomic E-state index is 11.8. The summed E-state index contributed by atoms with van der Waals surface area (Å²) in [6, 6.07) is 1.66. The standard InChI is InChI=1S/C10H10N6O/c1-11-8-6-12-5-7(15-8)9(17)16-10-13-3-2-4-14-10/h2-6H,1H3,(H,11,15)(H,13,14,16,17). The van der Waals surface area contributed by atoms with Crippen molar-refractivity contribution < 1.29 is 4.79 Å². The summed E-state index contributed by atoms with van der Waals surface area (Å²) < 4.78 is 0. The number of amides is 1. The van der Waals surface area contributed by atoms with E-state index in [0.29, 0.717) is 5.82 Å². The average Bonchev–Trinajstić information content (AvgIpc) is 2.40. The Balaban J connectivity index is 2.14. The van der Waals surface area contributed by atoms with Gasteiger partial charge in [0.1, 0.15) is 11.5 Å². The van der Waals surface area contributed by atoms with Gasteiger partial charge in [-0.3, -0.25) is 15.1 Å². The van der Waals surface area contributed by atoms with E-state index in [1.165, 1.54) is 24.8 Å². The third-order valence-corrected chi connectivity index (χ3v) is 1.91. The molecule has 86 valence electrons. The lowest BCUT2D eigenvalue weighted by atomic mass is 10.4. The molecule has 0 saturated carbocycles. The normalized spacial score (nSPS) is 9.71. The molecule has 0 atom stereocenters. The summed E-state index contributed by atoms with van der Waals surface area (Å²) in [5.74, 6) is 0.349. The van der Waals surface area contributed by atoms with Crippen molar-refractivity contribution in [3.63, 3.8) is 0 Å². The van der Waals surface area contributed by atoms with Crippen LogP contribution in [0.2, 0.25) is 0 Å². The van der Waals surface area contributed by atoms with Crippen LogP contribution in [0.4, 0.5) is 11.8 Å². The SMILES string of the molecule is CNc1cncc(C(=O)Nc2ncccn2)n1. The van der Waals surface area contributed by atoms with Crippen LogP contribution in [0.1, 0.15) is 10.5 Å². The van der Waals surface area contributed by atoms with Crippen molar-refractivity contribution in [2.75, 3.05) is 17.7 Å². The maximum atomic E-state index is 11.8.